The predicted octanol–water partition coefficient (Wildman–Crippen LogP) is 17.5. The van der Waals surface area contributed by atoms with Gasteiger partial charge in [-0.1, -0.05) is 214 Å². The lowest BCUT2D eigenvalue weighted by Gasteiger charge is -2.33. The zero-order chi connectivity index (χ0) is 48.3. The third kappa shape index (κ3) is 7.72. The second kappa shape index (κ2) is 17.8. The molecule has 0 amide bonds. The molecule has 8 aromatic carbocycles. The first-order valence-electron chi connectivity index (χ1n) is 25.7. The fraction of sp³-hybridized carbons (Fsp3) is 0.145. The molecule has 0 spiro atoms. The first-order chi connectivity index (χ1) is 35.3. The van der Waals surface area contributed by atoms with Crippen LogP contribution in [0, 0.1) is 6.92 Å². The minimum absolute atomic E-state index is 0.126. The number of rotatable bonds is 8. The second-order valence-electron chi connectivity index (χ2n) is 20.6. The molecule has 0 aliphatic heterocycles. The summed E-state index contributed by atoms with van der Waals surface area (Å²) in [7, 11) is 0. The molecule has 0 bridgehead atoms. The van der Waals surface area contributed by atoms with Gasteiger partial charge in [0.1, 0.15) is 0 Å². The van der Waals surface area contributed by atoms with Crippen molar-refractivity contribution in [2.24, 2.45) is 0 Å². The van der Waals surface area contributed by atoms with Gasteiger partial charge in [0.05, 0.1) is 0 Å². The monoisotopic (exact) mass is 925 g/mol. The van der Waals surface area contributed by atoms with Crippen molar-refractivity contribution in [3.05, 3.63) is 263 Å². The van der Waals surface area contributed by atoms with Crippen molar-refractivity contribution in [3.63, 3.8) is 0 Å². The van der Waals surface area contributed by atoms with E-state index in [-0.39, 0.29) is 11.3 Å². The molecule has 3 heteroatoms. The highest BCUT2D eigenvalue weighted by Crippen LogP contribution is 2.51. The van der Waals surface area contributed by atoms with Crippen LogP contribution in [0.4, 0.5) is 0 Å². The van der Waals surface area contributed by atoms with Gasteiger partial charge in [0.25, 0.3) is 0 Å². The molecule has 3 nitrogen and oxygen atoms in total. The van der Waals surface area contributed by atoms with E-state index in [1.165, 1.54) is 100 Å². The summed E-state index contributed by atoms with van der Waals surface area (Å²) in [6.45, 7) is 6.91. The van der Waals surface area contributed by atoms with Gasteiger partial charge in [-0.05, 0) is 157 Å². The summed E-state index contributed by atoms with van der Waals surface area (Å²) in [6.07, 6.45) is 13.8. The van der Waals surface area contributed by atoms with E-state index in [0.717, 1.165) is 54.6 Å². The van der Waals surface area contributed by atoms with Crippen LogP contribution in [0.1, 0.15) is 90.2 Å². The van der Waals surface area contributed by atoms with Crippen LogP contribution < -0.4 is 0 Å². The standard InChI is InChI=1S/C69H55N3/c1-44-38-49(32-35-55(44)58-29-13-12-27-56(58)45-18-6-4-7-19-45)47-23-16-25-51(39-47)62-42-52-22-10-11-28-57(52)59-36-33-50(41-63(59)62)48-24-17-26-53(40-48)67-70-66(46-20-8-5-9-21-46)71-68(72-67)54-34-37-61-60-30-14-15-31-64(60)69(2,3)65(61)43-54/h4-8,10-20,22-32,34-35,37-41,43,62H,9,21,33,36,42H2,1-3H3. The average Bonchev–Trinajstić information content (AvgIpc) is 3.67. The molecule has 346 valence electrons. The summed E-state index contributed by atoms with van der Waals surface area (Å²) < 4.78 is 0. The number of aryl methyl sites for hydroxylation is 1. The number of hydrogen-bond donors (Lipinski definition) is 0. The van der Waals surface area contributed by atoms with Gasteiger partial charge in [-0.3, -0.25) is 0 Å². The molecule has 0 radical (unpaired) electrons. The van der Waals surface area contributed by atoms with E-state index in [9.17, 15) is 0 Å². The maximum absolute atomic E-state index is 5.30. The lowest BCUT2D eigenvalue weighted by atomic mass is 9.71. The van der Waals surface area contributed by atoms with Crippen LogP contribution in [0.3, 0.4) is 0 Å². The van der Waals surface area contributed by atoms with Crippen molar-refractivity contribution in [2.45, 2.75) is 64.2 Å². The van der Waals surface area contributed by atoms with Crippen molar-refractivity contribution >= 4 is 16.7 Å². The maximum atomic E-state index is 5.30. The minimum Gasteiger partial charge on any atom is -0.209 e. The molecule has 1 atom stereocenters. The summed E-state index contributed by atoms with van der Waals surface area (Å²) in [6, 6.07) is 69.4. The van der Waals surface area contributed by atoms with Gasteiger partial charge >= 0.3 is 0 Å². The van der Waals surface area contributed by atoms with Gasteiger partial charge < -0.3 is 0 Å². The van der Waals surface area contributed by atoms with Gasteiger partial charge in [-0.2, -0.15) is 0 Å². The Hall–Kier alpha value is -8.27. The van der Waals surface area contributed by atoms with E-state index >= 15 is 0 Å². The first kappa shape index (κ1) is 43.7. The molecule has 1 heterocycles. The molecular formula is C69H55N3. The van der Waals surface area contributed by atoms with Crippen molar-refractivity contribution in [1.29, 1.82) is 0 Å². The predicted molar refractivity (Wildman–Crippen MR) is 299 cm³/mol. The summed E-state index contributed by atoms with van der Waals surface area (Å²) in [5, 5.41) is 0. The van der Waals surface area contributed by atoms with Crippen LogP contribution in [-0.2, 0) is 11.8 Å². The van der Waals surface area contributed by atoms with Crippen LogP contribution in [0.2, 0.25) is 0 Å². The number of allylic oxidation sites excluding steroid dienone is 8. The van der Waals surface area contributed by atoms with Gasteiger partial charge in [-0.15, -0.1) is 0 Å². The van der Waals surface area contributed by atoms with E-state index < -0.39 is 0 Å². The molecule has 0 fully saturated rings. The molecule has 0 N–H and O–H groups in total. The zero-order valence-electron chi connectivity index (χ0n) is 41.2. The van der Waals surface area contributed by atoms with E-state index in [4.69, 9.17) is 15.0 Å². The second-order valence-corrected chi connectivity index (χ2v) is 20.6. The SMILES string of the molecule is Cc1cc(-c2cccc(C3Cc4ccccc4C4=C3C=C(c3cccc(-c5nc(C6=CC=CCC6)nc(-c6ccc7c(c6)C(C)(C)c6ccccc6-7)n5)c3)CC4)c2)ccc1-c1ccccc1-c1ccccc1. The topological polar surface area (TPSA) is 38.7 Å². The van der Waals surface area contributed by atoms with Crippen molar-refractivity contribution in [1.82, 2.24) is 15.0 Å². The molecule has 1 unspecified atom stereocenters. The Morgan fingerprint density at radius 2 is 1.08 bits per heavy atom. The molecule has 72 heavy (non-hydrogen) atoms. The van der Waals surface area contributed by atoms with Crippen LogP contribution in [0.25, 0.3) is 84.0 Å². The number of aromatic nitrogens is 3. The van der Waals surface area contributed by atoms with Crippen LogP contribution in [0.5, 0.6) is 0 Å². The lowest BCUT2D eigenvalue weighted by molar-refractivity contribution is 0.660. The number of hydrogen-bond acceptors (Lipinski definition) is 3. The van der Waals surface area contributed by atoms with Gasteiger partial charge in [0.15, 0.2) is 17.5 Å². The van der Waals surface area contributed by atoms with Gasteiger partial charge in [0, 0.05) is 22.5 Å². The fourth-order valence-electron chi connectivity index (χ4n) is 12.1. The molecular weight excluding hydrogens is 871 g/mol. The van der Waals surface area contributed by atoms with E-state index in [0.29, 0.717) is 11.6 Å². The Bertz CT molecular complexity index is 3770. The molecule has 4 aliphatic rings. The third-order valence-electron chi connectivity index (χ3n) is 15.9. The summed E-state index contributed by atoms with van der Waals surface area (Å²) in [5.41, 5.74) is 26.8. The van der Waals surface area contributed by atoms with Crippen LogP contribution >= 0.6 is 0 Å². The average molecular weight is 926 g/mol. The molecule has 0 saturated heterocycles. The molecule has 0 saturated carbocycles. The number of fused-ring (bicyclic) bond motifs is 5. The summed E-state index contributed by atoms with van der Waals surface area (Å²) in [4.78, 5) is 15.7. The van der Waals surface area contributed by atoms with Crippen molar-refractivity contribution in [3.8, 4) is 67.3 Å². The van der Waals surface area contributed by atoms with E-state index in [2.05, 4.69) is 233 Å². The molecule has 13 rings (SSSR count). The Balaban J connectivity index is 0.855. The van der Waals surface area contributed by atoms with Crippen molar-refractivity contribution in [2.75, 3.05) is 0 Å². The highest BCUT2D eigenvalue weighted by molar-refractivity contribution is 5.88. The van der Waals surface area contributed by atoms with Crippen LogP contribution in [0.15, 0.2) is 218 Å². The van der Waals surface area contributed by atoms with Crippen LogP contribution in [-0.4, -0.2) is 15.0 Å². The number of nitrogens with zero attached hydrogens (tertiary/aromatic N) is 3. The first-order valence-corrected chi connectivity index (χ1v) is 25.7. The minimum atomic E-state index is -0.126. The maximum Gasteiger partial charge on any atom is 0.164 e. The highest BCUT2D eigenvalue weighted by Gasteiger charge is 2.36. The summed E-state index contributed by atoms with van der Waals surface area (Å²) >= 11 is 0. The van der Waals surface area contributed by atoms with Crippen molar-refractivity contribution < 1.29 is 0 Å². The molecule has 9 aromatic rings. The third-order valence-corrected chi connectivity index (χ3v) is 15.9. The fourth-order valence-corrected chi connectivity index (χ4v) is 12.1. The normalized spacial score (nSPS) is 16.3. The smallest absolute Gasteiger partial charge is 0.164 e. The highest BCUT2D eigenvalue weighted by atomic mass is 15.0. The largest absolute Gasteiger partial charge is 0.209 e. The summed E-state index contributed by atoms with van der Waals surface area (Å²) in [5.74, 6) is 2.40. The molecule has 1 aromatic heterocycles. The number of benzene rings is 8. The Morgan fingerprint density at radius 3 is 1.90 bits per heavy atom. The van der Waals surface area contributed by atoms with Gasteiger partial charge in [0.2, 0.25) is 0 Å². The Labute approximate surface area is 423 Å². The zero-order valence-corrected chi connectivity index (χ0v) is 41.2. The van der Waals surface area contributed by atoms with E-state index in [1.54, 1.807) is 0 Å². The van der Waals surface area contributed by atoms with Gasteiger partial charge in [-0.25, -0.2) is 15.0 Å². The Morgan fingerprint density at radius 1 is 0.444 bits per heavy atom. The molecule has 4 aliphatic carbocycles. The quantitative estimate of drug-likeness (QED) is 0.152. The lowest BCUT2D eigenvalue weighted by Crippen LogP contribution is -2.16. The Kier molecular flexibility index (Phi) is 10.8. The van der Waals surface area contributed by atoms with E-state index in [1.807, 2.05) is 0 Å².